The van der Waals surface area contributed by atoms with Crippen LogP contribution in [0.15, 0.2) is 18.2 Å². The van der Waals surface area contributed by atoms with Gasteiger partial charge in [-0.05, 0) is 25.1 Å². The van der Waals surface area contributed by atoms with E-state index in [-0.39, 0.29) is 10.7 Å². The topological polar surface area (TPSA) is 83.7 Å². The lowest BCUT2D eigenvalue weighted by Gasteiger charge is -2.30. The molecule has 27 heavy (non-hydrogen) atoms. The number of benzene rings is 1. The van der Waals surface area contributed by atoms with Gasteiger partial charge in [0.1, 0.15) is 5.69 Å². The average Bonchev–Trinajstić information content (AvgIpc) is 2.95. The Morgan fingerprint density at radius 2 is 1.93 bits per heavy atom. The maximum absolute atomic E-state index is 12.7. The van der Waals surface area contributed by atoms with Gasteiger partial charge in [-0.1, -0.05) is 23.2 Å². The van der Waals surface area contributed by atoms with E-state index in [1.165, 1.54) is 7.11 Å². The van der Waals surface area contributed by atoms with E-state index < -0.39 is 11.9 Å². The van der Waals surface area contributed by atoms with Gasteiger partial charge in [0, 0.05) is 18.8 Å². The van der Waals surface area contributed by atoms with E-state index in [1.807, 2.05) is 4.90 Å². The van der Waals surface area contributed by atoms with Crippen LogP contribution in [0.3, 0.4) is 0 Å². The number of halogens is 2. The van der Waals surface area contributed by atoms with Crippen molar-refractivity contribution in [3.05, 3.63) is 45.2 Å². The molecule has 1 aromatic carbocycles. The standard InChI is InChI=1S/C18H19Cl2N3O4/c1-10-14(19)15(20)16(21-10)17(24)22-12-4-3-11(18(25)26-2)9-13(12)23-5-7-27-8-6-23/h3-4,9,21H,5-8H2,1-2H3,(H,22,24). The molecule has 0 atom stereocenters. The first-order valence-corrected chi connectivity index (χ1v) is 9.08. The molecule has 0 radical (unpaired) electrons. The molecule has 7 nitrogen and oxygen atoms in total. The van der Waals surface area contributed by atoms with E-state index in [4.69, 9.17) is 32.7 Å². The quantitative estimate of drug-likeness (QED) is 0.752. The number of amides is 1. The molecular formula is C18H19Cl2N3O4. The third kappa shape index (κ3) is 4.05. The molecule has 0 spiro atoms. The van der Waals surface area contributed by atoms with Crippen LogP contribution in [0, 0.1) is 6.92 Å². The molecule has 1 aromatic heterocycles. The van der Waals surface area contributed by atoms with Gasteiger partial charge in [-0.3, -0.25) is 4.79 Å². The molecule has 0 bridgehead atoms. The number of methoxy groups -OCH3 is 1. The van der Waals surface area contributed by atoms with Gasteiger partial charge in [0.15, 0.2) is 0 Å². The average molecular weight is 412 g/mol. The van der Waals surface area contributed by atoms with Gasteiger partial charge in [0.25, 0.3) is 5.91 Å². The van der Waals surface area contributed by atoms with Crippen LogP contribution in [0.25, 0.3) is 0 Å². The minimum atomic E-state index is -0.447. The van der Waals surface area contributed by atoms with E-state index >= 15 is 0 Å². The minimum absolute atomic E-state index is 0.172. The highest BCUT2D eigenvalue weighted by Gasteiger charge is 2.22. The Morgan fingerprint density at radius 3 is 2.52 bits per heavy atom. The normalized spacial score (nSPS) is 14.1. The summed E-state index contributed by atoms with van der Waals surface area (Å²) in [5.41, 5.74) is 2.45. The summed E-state index contributed by atoms with van der Waals surface area (Å²) in [4.78, 5) is 29.5. The molecular weight excluding hydrogens is 393 g/mol. The first kappa shape index (κ1) is 19.5. The minimum Gasteiger partial charge on any atom is -0.465 e. The zero-order valence-corrected chi connectivity index (χ0v) is 16.4. The molecule has 144 valence electrons. The van der Waals surface area contributed by atoms with Gasteiger partial charge in [-0.2, -0.15) is 0 Å². The van der Waals surface area contributed by atoms with E-state index in [0.717, 1.165) is 0 Å². The third-order valence-corrected chi connectivity index (χ3v) is 5.25. The number of morpholine rings is 1. The summed E-state index contributed by atoms with van der Waals surface area (Å²) >= 11 is 12.2. The number of hydrogen-bond donors (Lipinski definition) is 2. The fraction of sp³-hybridized carbons (Fsp3) is 0.333. The number of rotatable bonds is 4. The maximum atomic E-state index is 12.7. The third-order valence-electron chi connectivity index (χ3n) is 4.30. The Labute approximate surface area is 166 Å². The highest BCUT2D eigenvalue weighted by molar-refractivity contribution is 6.44. The summed E-state index contributed by atoms with van der Waals surface area (Å²) < 4.78 is 10.2. The zero-order valence-electron chi connectivity index (χ0n) is 14.9. The van der Waals surface area contributed by atoms with Crippen molar-refractivity contribution in [3.63, 3.8) is 0 Å². The molecule has 2 N–H and O–H groups in total. The molecule has 1 fully saturated rings. The van der Waals surface area contributed by atoms with Crippen molar-refractivity contribution in [2.24, 2.45) is 0 Å². The summed E-state index contributed by atoms with van der Waals surface area (Å²) in [6.07, 6.45) is 0. The van der Waals surface area contributed by atoms with Crippen LogP contribution in [0.2, 0.25) is 10.0 Å². The van der Waals surface area contributed by atoms with Crippen molar-refractivity contribution in [3.8, 4) is 0 Å². The largest absolute Gasteiger partial charge is 0.465 e. The number of nitrogens with one attached hydrogen (secondary N) is 2. The van der Waals surface area contributed by atoms with Crippen LogP contribution >= 0.6 is 23.2 Å². The molecule has 2 aromatic rings. The molecule has 1 saturated heterocycles. The predicted octanol–water partition coefficient (Wildman–Crippen LogP) is 3.51. The summed E-state index contributed by atoms with van der Waals surface area (Å²) in [5.74, 6) is -0.868. The van der Waals surface area contributed by atoms with Crippen molar-refractivity contribution in [1.82, 2.24) is 4.98 Å². The number of anilines is 2. The number of carbonyl (C=O) groups excluding carboxylic acids is 2. The Balaban J connectivity index is 1.94. The number of carbonyl (C=O) groups is 2. The molecule has 0 saturated carbocycles. The SMILES string of the molecule is COC(=O)c1ccc(NC(=O)c2[nH]c(C)c(Cl)c2Cl)c(N2CCOCC2)c1. The number of hydrogen-bond acceptors (Lipinski definition) is 5. The van der Waals surface area contributed by atoms with Crippen molar-refractivity contribution in [2.45, 2.75) is 6.92 Å². The van der Waals surface area contributed by atoms with Crippen molar-refractivity contribution >= 4 is 46.5 Å². The molecule has 9 heteroatoms. The predicted molar refractivity (Wildman–Crippen MR) is 104 cm³/mol. The smallest absolute Gasteiger partial charge is 0.337 e. The summed E-state index contributed by atoms with van der Waals surface area (Å²) in [7, 11) is 1.33. The van der Waals surface area contributed by atoms with Crippen LogP contribution in [-0.2, 0) is 9.47 Å². The number of H-pyrrole nitrogens is 1. The first-order chi connectivity index (χ1) is 12.9. The first-order valence-electron chi connectivity index (χ1n) is 8.32. The molecule has 1 aliphatic rings. The molecule has 0 unspecified atom stereocenters. The Morgan fingerprint density at radius 1 is 1.22 bits per heavy atom. The summed E-state index contributed by atoms with van der Waals surface area (Å²) in [6.45, 7) is 4.14. The maximum Gasteiger partial charge on any atom is 0.337 e. The van der Waals surface area contributed by atoms with Gasteiger partial charge in [-0.15, -0.1) is 0 Å². The van der Waals surface area contributed by atoms with Gasteiger partial charge < -0.3 is 24.7 Å². The molecule has 0 aliphatic carbocycles. The highest BCUT2D eigenvalue weighted by Crippen LogP contribution is 2.32. The van der Waals surface area contributed by atoms with Gasteiger partial charge in [0.05, 0.1) is 47.3 Å². The highest BCUT2D eigenvalue weighted by atomic mass is 35.5. The van der Waals surface area contributed by atoms with Crippen LogP contribution in [0.4, 0.5) is 11.4 Å². The number of nitrogens with zero attached hydrogens (tertiary/aromatic N) is 1. The van der Waals surface area contributed by atoms with Crippen LogP contribution < -0.4 is 10.2 Å². The molecule has 2 heterocycles. The zero-order chi connectivity index (χ0) is 19.6. The number of esters is 1. The lowest BCUT2D eigenvalue weighted by Crippen LogP contribution is -2.37. The summed E-state index contributed by atoms with van der Waals surface area (Å²) in [6, 6.07) is 4.96. The van der Waals surface area contributed by atoms with Crippen molar-refractivity contribution in [1.29, 1.82) is 0 Å². The number of aromatic nitrogens is 1. The van der Waals surface area contributed by atoms with Crippen LogP contribution in [-0.4, -0.2) is 50.3 Å². The van der Waals surface area contributed by atoms with E-state index in [1.54, 1.807) is 25.1 Å². The van der Waals surface area contributed by atoms with Crippen LogP contribution in [0.1, 0.15) is 26.5 Å². The molecule has 1 aliphatic heterocycles. The second-order valence-corrected chi connectivity index (χ2v) is 6.79. The monoisotopic (exact) mass is 411 g/mol. The Hall–Kier alpha value is -2.22. The Bertz CT molecular complexity index is 876. The van der Waals surface area contributed by atoms with Crippen molar-refractivity contribution < 1.29 is 19.1 Å². The fourth-order valence-corrected chi connectivity index (χ4v) is 3.28. The van der Waals surface area contributed by atoms with E-state index in [9.17, 15) is 9.59 Å². The van der Waals surface area contributed by atoms with Gasteiger partial charge in [0.2, 0.25) is 0 Å². The van der Waals surface area contributed by atoms with E-state index in [0.29, 0.717) is 54.0 Å². The number of ether oxygens (including phenoxy) is 2. The fourth-order valence-electron chi connectivity index (χ4n) is 2.86. The molecule has 3 rings (SSSR count). The lowest BCUT2D eigenvalue weighted by molar-refractivity contribution is 0.0600. The number of aromatic amines is 1. The second kappa shape index (κ2) is 8.21. The van der Waals surface area contributed by atoms with Gasteiger partial charge >= 0.3 is 5.97 Å². The summed E-state index contributed by atoms with van der Waals surface area (Å²) in [5, 5.41) is 3.33. The molecule has 1 amide bonds. The van der Waals surface area contributed by atoms with Crippen molar-refractivity contribution in [2.75, 3.05) is 43.6 Å². The Kier molecular flexibility index (Phi) is 5.94. The lowest BCUT2D eigenvalue weighted by atomic mass is 10.1. The van der Waals surface area contributed by atoms with Crippen LogP contribution in [0.5, 0.6) is 0 Å². The van der Waals surface area contributed by atoms with E-state index in [2.05, 4.69) is 10.3 Å². The second-order valence-electron chi connectivity index (χ2n) is 6.03. The number of aryl methyl sites for hydroxylation is 1. The van der Waals surface area contributed by atoms with Gasteiger partial charge in [-0.25, -0.2) is 4.79 Å².